The minimum absolute atomic E-state index is 0.352. The maximum absolute atomic E-state index is 10.3. The van der Waals surface area contributed by atoms with Crippen molar-refractivity contribution in [2.75, 3.05) is 19.7 Å². The normalized spacial score (nSPS) is 14.1. The third kappa shape index (κ3) is 5.98. The van der Waals surface area contributed by atoms with Gasteiger partial charge >= 0.3 is 0 Å². The van der Waals surface area contributed by atoms with E-state index >= 15 is 0 Å². The molecule has 0 aliphatic rings. The zero-order valence-electron chi connectivity index (χ0n) is 14.9. The Hall–Kier alpha value is -1.06. The van der Waals surface area contributed by atoms with E-state index in [1.54, 1.807) is 0 Å². The van der Waals surface area contributed by atoms with Gasteiger partial charge in [0.05, 0.1) is 0 Å². The summed E-state index contributed by atoms with van der Waals surface area (Å²) in [6.07, 6.45) is 3.01. The summed E-state index contributed by atoms with van der Waals surface area (Å²) in [4.78, 5) is 2.38. The zero-order chi connectivity index (χ0) is 16.5. The van der Waals surface area contributed by atoms with E-state index in [4.69, 9.17) is 4.74 Å². The summed E-state index contributed by atoms with van der Waals surface area (Å²) in [6, 6.07) is 6.62. The van der Waals surface area contributed by atoms with Crippen molar-refractivity contribution in [3.63, 3.8) is 0 Å². The Morgan fingerprint density at radius 3 is 2.36 bits per heavy atom. The van der Waals surface area contributed by atoms with E-state index in [2.05, 4.69) is 25.7 Å². The molecule has 0 bridgehead atoms. The molecule has 1 aromatic rings. The highest BCUT2D eigenvalue weighted by Gasteiger charge is 2.17. The van der Waals surface area contributed by atoms with Crippen molar-refractivity contribution in [1.29, 1.82) is 0 Å². The molecule has 0 radical (unpaired) electrons. The molecule has 1 rings (SSSR count). The third-order valence-electron chi connectivity index (χ3n) is 4.29. The van der Waals surface area contributed by atoms with Gasteiger partial charge in [-0.15, -0.1) is 0 Å². The van der Waals surface area contributed by atoms with Crippen molar-refractivity contribution in [3.8, 4) is 5.75 Å². The van der Waals surface area contributed by atoms with Crippen LogP contribution in [0.15, 0.2) is 18.2 Å². The monoisotopic (exact) mass is 307 g/mol. The van der Waals surface area contributed by atoms with Crippen molar-refractivity contribution >= 4 is 0 Å². The Labute approximate surface area is 136 Å². The van der Waals surface area contributed by atoms with Gasteiger partial charge in [-0.3, -0.25) is 4.90 Å². The number of aliphatic hydroxyl groups is 1. The van der Waals surface area contributed by atoms with Crippen LogP contribution in [0.5, 0.6) is 5.75 Å². The minimum atomic E-state index is -0.454. The number of aryl methyl sites for hydroxylation is 2. The van der Waals surface area contributed by atoms with Gasteiger partial charge in [-0.1, -0.05) is 38.5 Å². The lowest BCUT2D eigenvalue weighted by Crippen LogP contribution is -2.41. The first-order chi connectivity index (χ1) is 10.5. The minimum Gasteiger partial charge on any atom is -0.490 e. The second kappa shape index (κ2) is 9.86. The van der Waals surface area contributed by atoms with Crippen LogP contribution in [-0.4, -0.2) is 41.8 Å². The predicted molar refractivity (Wildman–Crippen MR) is 93.7 cm³/mol. The second-order valence-corrected chi connectivity index (χ2v) is 6.29. The Morgan fingerprint density at radius 1 is 1.18 bits per heavy atom. The molecule has 1 aromatic carbocycles. The molecule has 0 amide bonds. The Kier molecular flexibility index (Phi) is 8.51. The van der Waals surface area contributed by atoms with Gasteiger partial charge in [0.1, 0.15) is 18.5 Å². The van der Waals surface area contributed by atoms with Gasteiger partial charge in [0.2, 0.25) is 0 Å². The summed E-state index contributed by atoms with van der Waals surface area (Å²) in [6.45, 7) is 12.8. The summed E-state index contributed by atoms with van der Waals surface area (Å²) >= 11 is 0. The number of hydrogen-bond donors (Lipinski definition) is 1. The first-order valence-corrected chi connectivity index (χ1v) is 8.60. The molecular weight excluding hydrogens is 274 g/mol. The number of benzene rings is 1. The fourth-order valence-electron chi connectivity index (χ4n) is 2.64. The van der Waals surface area contributed by atoms with Gasteiger partial charge in [-0.25, -0.2) is 0 Å². The summed E-state index contributed by atoms with van der Waals surface area (Å²) in [5.74, 6) is 0.908. The van der Waals surface area contributed by atoms with Gasteiger partial charge in [0, 0.05) is 12.6 Å². The van der Waals surface area contributed by atoms with Crippen molar-refractivity contribution in [2.45, 2.75) is 66.0 Å². The van der Waals surface area contributed by atoms with Gasteiger partial charge in [0.25, 0.3) is 0 Å². The molecule has 0 saturated heterocycles. The summed E-state index contributed by atoms with van der Waals surface area (Å²) < 4.78 is 5.87. The first-order valence-electron chi connectivity index (χ1n) is 8.60. The van der Waals surface area contributed by atoms with Crippen LogP contribution in [0.25, 0.3) is 0 Å². The average molecular weight is 307 g/mol. The second-order valence-electron chi connectivity index (χ2n) is 6.29. The van der Waals surface area contributed by atoms with E-state index in [-0.39, 0.29) is 0 Å². The Bertz CT molecular complexity index is 413. The van der Waals surface area contributed by atoms with Crippen LogP contribution in [0.4, 0.5) is 0 Å². The number of nitrogens with zero attached hydrogens (tertiary/aromatic N) is 1. The quantitative estimate of drug-likeness (QED) is 0.710. The van der Waals surface area contributed by atoms with Crippen LogP contribution in [0.1, 0.15) is 51.2 Å². The fourth-order valence-corrected chi connectivity index (χ4v) is 2.64. The third-order valence-corrected chi connectivity index (χ3v) is 4.29. The van der Waals surface area contributed by atoms with Crippen LogP contribution in [0, 0.1) is 13.8 Å². The average Bonchev–Trinajstić information content (AvgIpc) is 2.50. The number of rotatable bonds is 10. The lowest BCUT2D eigenvalue weighted by molar-refractivity contribution is 0.0530. The molecule has 0 spiro atoms. The molecule has 0 aromatic heterocycles. The van der Waals surface area contributed by atoms with Crippen LogP contribution in [-0.2, 0) is 0 Å². The summed E-state index contributed by atoms with van der Waals surface area (Å²) in [5.41, 5.74) is 2.24. The highest BCUT2D eigenvalue weighted by atomic mass is 16.5. The summed E-state index contributed by atoms with van der Waals surface area (Å²) in [7, 11) is 0. The highest BCUT2D eigenvalue weighted by Crippen LogP contribution is 2.22. The van der Waals surface area contributed by atoms with Crippen LogP contribution < -0.4 is 4.74 Å². The van der Waals surface area contributed by atoms with E-state index in [0.29, 0.717) is 19.2 Å². The summed E-state index contributed by atoms with van der Waals surface area (Å²) in [5, 5.41) is 10.3. The lowest BCUT2D eigenvalue weighted by atomic mass is 10.1. The molecule has 0 aliphatic heterocycles. The number of para-hydroxylation sites is 1. The maximum Gasteiger partial charge on any atom is 0.125 e. The number of unbranched alkanes of at least 4 members (excludes halogenated alkanes) is 1. The van der Waals surface area contributed by atoms with E-state index in [0.717, 1.165) is 29.8 Å². The maximum atomic E-state index is 10.3. The van der Waals surface area contributed by atoms with Gasteiger partial charge in [0.15, 0.2) is 0 Å². The van der Waals surface area contributed by atoms with E-state index in [1.165, 1.54) is 12.8 Å². The van der Waals surface area contributed by atoms with Crippen molar-refractivity contribution in [3.05, 3.63) is 29.3 Å². The SMILES string of the molecule is CCCCN(C[C@@H](O)COc1c(C)cccc1C)[C@@H](C)CC. The number of ether oxygens (including phenoxy) is 1. The highest BCUT2D eigenvalue weighted by molar-refractivity contribution is 5.39. The standard InChI is InChI=1S/C19H33NO2/c1-6-8-12-20(17(5)7-2)13-18(21)14-22-19-15(3)10-9-11-16(19)4/h9-11,17-18,21H,6-8,12-14H2,1-5H3/t17-,18+/m0/s1. The smallest absolute Gasteiger partial charge is 0.125 e. The van der Waals surface area contributed by atoms with Crippen LogP contribution >= 0.6 is 0 Å². The van der Waals surface area contributed by atoms with Crippen LogP contribution in [0.3, 0.4) is 0 Å². The molecule has 126 valence electrons. The molecule has 22 heavy (non-hydrogen) atoms. The number of hydrogen-bond acceptors (Lipinski definition) is 3. The topological polar surface area (TPSA) is 32.7 Å². The van der Waals surface area contributed by atoms with Crippen molar-refractivity contribution in [1.82, 2.24) is 4.90 Å². The largest absolute Gasteiger partial charge is 0.490 e. The Morgan fingerprint density at radius 2 is 1.82 bits per heavy atom. The first kappa shape index (κ1) is 19.0. The lowest BCUT2D eigenvalue weighted by Gasteiger charge is -2.30. The predicted octanol–water partition coefficient (Wildman–Crippen LogP) is 3.94. The van der Waals surface area contributed by atoms with Crippen molar-refractivity contribution in [2.24, 2.45) is 0 Å². The molecule has 3 heteroatoms. The molecule has 1 N–H and O–H groups in total. The molecule has 2 atom stereocenters. The molecule has 3 nitrogen and oxygen atoms in total. The van der Waals surface area contributed by atoms with Gasteiger partial charge < -0.3 is 9.84 Å². The van der Waals surface area contributed by atoms with Gasteiger partial charge in [-0.2, -0.15) is 0 Å². The molecule has 0 aliphatic carbocycles. The molecule has 0 saturated carbocycles. The molecular formula is C19H33NO2. The van der Waals surface area contributed by atoms with Crippen molar-refractivity contribution < 1.29 is 9.84 Å². The van der Waals surface area contributed by atoms with E-state index in [9.17, 15) is 5.11 Å². The molecule has 0 unspecified atom stereocenters. The van der Waals surface area contributed by atoms with E-state index in [1.807, 2.05) is 32.0 Å². The zero-order valence-corrected chi connectivity index (χ0v) is 14.9. The number of aliphatic hydroxyl groups excluding tert-OH is 1. The van der Waals surface area contributed by atoms with Gasteiger partial charge in [-0.05, 0) is 51.3 Å². The van der Waals surface area contributed by atoms with E-state index < -0.39 is 6.10 Å². The van der Waals surface area contributed by atoms with Crippen LogP contribution in [0.2, 0.25) is 0 Å². The molecule has 0 heterocycles. The molecule has 0 fully saturated rings. The fraction of sp³-hybridized carbons (Fsp3) is 0.684. The Balaban J connectivity index is 2.54.